The predicted molar refractivity (Wildman–Crippen MR) is 65.1 cm³/mol. The van der Waals surface area contributed by atoms with E-state index in [-0.39, 0.29) is 5.02 Å². The Morgan fingerprint density at radius 1 is 1.50 bits per heavy atom. The Bertz CT molecular complexity index is 594. The molecule has 0 heterocycles. The summed E-state index contributed by atoms with van der Waals surface area (Å²) in [5.41, 5.74) is -0.254. The van der Waals surface area contributed by atoms with Crippen molar-refractivity contribution >= 4 is 29.0 Å². The van der Waals surface area contributed by atoms with Crippen LogP contribution in [0.1, 0.15) is 5.56 Å². The summed E-state index contributed by atoms with van der Waals surface area (Å²) in [6, 6.07) is 4.18. The van der Waals surface area contributed by atoms with Gasteiger partial charge in [-0.3, -0.25) is 5.43 Å². The van der Waals surface area contributed by atoms with Crippen LogP contribution in [0.25, 0.3) is 0 Å². The molecule has 0 aliphatic rings. The first-order valence-corrected chi connectivity index (χ1v) is 5.36. The minimum Gasteiger partial charge on any atom is -0.464 e. The van der Waals surface area contributed by atoms with Crippen LogP contribution in [0.4, 0.5) is 18.9 Å². The molecule has 5 nitrogen and oxygen atoms in total. The number of nitrogens with one attached hydrogen (secondary N) is 1. The fourth-order valence-electron chi connectivity index (χ4n) is 1.19. The summed E-state index contributed by atoms with van der Waals surface area (Å²) in [7, 11) is 1.01. The second-order valence-corrected chi connectivity index (χ2v) is 3.80. The number of esters is 1. The summed E-state index contributed by atoms with van der Waals surface area (Å²) in [6.07, 6.45) is -4.64. The maximum atomic E-state index is 12.7. The fraction of sp³-hybridized carbons (Fsp3) is 0.182. The Hall–Kier alpha value is -2.27. The predicted octanol–water partition coefficient (Wildman–Crippen LogP) is 2.82. The number of carbonyl (C=O) groups is 1. The first-order chi connectivity index (χ1) is 9.29. The van der Waals surface area contributed by atoms with Gasteiger partial charge < -0.3 is 4.74 Å². The molecule has 0 unspecified atom stereocenters. The standard InChI is InChI=1S/C11H7ClF3N3O2/c1-20-10(19)9(5-16)18-17-8-4-6(12)2-3-7(8)11(13,14)15/h2-4,17H,1H3/b18-9-. The van der Waals surface area contributed by atoms with Crippen molar-refractivity contribution in [3.05, 3.63) is 28.8 Å². The van der Waals surface area contributed by atoms with Crippen molar-refractivity contribution in [2.24, 2.45) is 5.10 Å². The van der Waals surface area contributed by atoms with Gasteiger partial charge in [0.05, 0.1) is 18.4 Å². The normalized spacial score (nSPS) is 11.7. The zero-order valence-electron chi connectivity index (χ0n) is 9.95. The van der Waals surface area contributed by atoms with Crippen molar-refractivity contribution in [1.29, 1.82) is 5.26 Å². The van der Waals surface area contributed by atoms with Crippen LogP contribution in [0.5, 0.6) is 0 Å². The summed E-state index contributed by atoms with van der Waals surface area (Å²) in [6.45, 7) is 0. The lowest BCUT2D eigenvalue weighted by Crippen LogP contribution is -2.16. The Balaban J connectivity index is 3.15. The van der Waals surface area contributed by atoms with Crippen molar-refractivity contribution in [1.82, 2.24) is 0 Å². The second kappa shape index (κ2) is 6.25. The van der Waals surface area contributed by atoms with Gasteiger partial charge in [-0.25, -0.2) is 4.79 Å². The van der Waals surface area contributed by atoms with Gasteiger partial charge in [-0.1, -0.05) is 11.6 Å². The molecule has 0 aliphatic carbocycles. The van der Waals surface area contributed by atoms with Gasteiger partial charge in [0.25, 0.3) is 0 Å². The number of hydrogen-bond acceptors (Lipinski definition) is 5. The van der Waals surface area contributed by atoms with Gasteiger partial charge in [-0.2, -0.15) is 23.5 Å². The Morgan fingerprint density at radius 2 is 2.15 bits per heavy atom. The molecule has 1 rings (SSSR count). The van der Waals surface area contributed by atoms with E-state index in [2.05, 4.69) is 9.84 Å². The lowest BCUT2D eigenvalue weighted by Gasteiger charge is -2.12. The summed E-state index contributed by atoms with van der Waals surface area (Å²) in [5.74, 6) is -1.07. The van der Waals surface area contributed by atoms with Gasteiger partial charge in [0.1, 0.15) is 6.07 Å². The van der Waals surface area contributed by atoms with Crippen LogP contribution in [0.3, 0.4) is 0 Å². The fourth-order valence-corrected chi connectivity index (χ4v) is 1.36. The van der Waals surface area contributed by atoms with E-state index in [9.17, 15) is 18.0 Å². The number of nitriles is 1. The third kappa shape index (κ3) is 3.86. The molecule has 0 atom stereocenters. The summed E-state index contributed by atoms with van der Waals surface area (Å²) in [4.78, 5) is 11.0. The highest BCUT2D eigenvalue weighted by Crippen LogP contribution is 2.36. The SMILES string of the molecule is COC(=O)/C(C#N)=N\Nc1cc(Cl)ccc1C(F)(F)F. The average Bonchev–Trinajstić information content (AvgIpc) is 2.37. The molecule has 0 radical (unpaired) electrons. The van der Waals surface area contributed by atoms with E-state index < -0.39 is 29.1 Å². The van der Waals surface area contributed by atoms with Gasteiger partial charge in [-0.15, -0.1) is 0 Å². The topological polar surface area (TPSA) is 74.5 Å². The first-order valence-electron chi connectivity index (χ1n) is 4.98. The number of methoxy groups -OCH3 is 1. The molecule has 0 aromatic heterocycles. The van der Waals surface area contributed by atoms with Crippen LogP contribution in [0.15, 0.2) is 23.3 Å². The monoisotopic (exact) mass is 305 g/mol. The molecule has 0 amide bonds. The van der Waals surface area contributed by atoms with E-state index in [0.29, 0.717) is 0 Å². The number of nitrogens with zero attached hydrogens (tertiary/aromatic N) is 2. The number of alkyl halides is 3. The van der Waals surface area contributed by atoms with E-state index in [1.807, 2.05) is 5.43 Å². The van der Waals surface area contributed by atoms with Crippen LogP contribution in [-0.2, 0) is 15.7 Å². The smallest absolute Gasteiger partial charge is 0.418 e. The first kappa shape index (κ1) is 15.8. The molecule has 1 aromatic rings. The largest absolute Gasteiger partial charge is 0.464 e. The number of hydrogen-bond donors (Lipinski definition) is 1. The molecule has 106 valence electrons. The van der Waals surface area contributed by atoms with Gasteiger partial charge in [0.15, 0.2) is 0 Å². The van der Waals surface area contributed by atoms with Crippen molar-refractivity contribution in [3.8, 4) is 6.07 Å². The van der Waals surface area contributed by atoms with Crippen LogP contribution in [0.2, 0.25) is 5.02 Å². The van der Waals surface area contributed by atoms with E-state index in [1.165, 1.54) is 6.07 Å². The van der Waals surface area contributed by atoms with Crippen LogP contribution < -0.4 is 5.43 Å². The van der Waals surface area contributed by atoms with E-state index in [0.717, 1.165) is 25.3 Å². The Labute approximate surface area is 116 Å². The number of benzene rings is 1. The molecule has 9 heteroatoms. The molecule has 20 heavy (non-hydrogen) atoms. The maximum Gasteiger partial charge on any atom is 0.418 e. The molecule has 1 N–H and O–H groups in total. The third-order valence-corrected chi connectivity index (χ3v) is 2.29. The van der Waals surface area contributed by atoms with Gasteiger partial charge in [-0.05, 0) is 18.2 Å². The van der Waals surface area contributed by atoms with E-state index in [4.69, 9.17) is 16.9 Å². The van der Waals surface area contributed by atoms with E-state index in [1.54, 1.807) is 0 Å². The van der Waals surface area contributed by atoms with Crippen molar-refractivity contribution in [2.75, 3.05) is 12.5 Å². The van der Waals surface area contributed by atoms with Crippen molar-refractivity contribution < 1.29 is 22.7 Å². The highest BCUT2D eigenvalue weighted by Gasteiger charge is 2.33. The molecule has 0 fully saturated rings. The van der Waals surface area contributed by atoms with Crippen LogP contribution >= 0.6 is 11.6 Å². The lowest BCUT2D eigenvalue weighted by molar-refractivity contribution is -0.137. The molecule has 0 saturated carbocycles. The highest BCUT2D eigenvalue weighted by molar-refractivity contribution is 6.43. The zero-order chi connectivity index (χ0) is 15.3. The van der Waals surface area contributed by atoms with Crippen molar-refractivity contribution in [3.63, 3.8) is 0 Å². The van der Waals surface area contributed by atoms with Crippen LogP contribution in [0, 0.1) is 11.3 Å². The molecular weight excluding hydrogens is 299 g/mol. The number of anilines is 1. The molecule has 0 saturated heterocycles. The second-order valence-electron chi connectivity index (χ2n) is 3.36. The zero-order valence-corrected chi connectivity index (χ0v) is 10.7. The number of hydrazone groups is 1. The Kier molecular flexibility index (Phi) is 4.94. The highest BCUT2D eigenvalue weighted by atomic mass is 35.5. The molecule has 1 aromatic carbocycles. The van der Waals surface area contributed by atoms with E-state index >= 15 is 0 Å². The van der Waals surface area contributed by atoms with Gasteiger partial charge in [0, 0.05) is 5.02 Å². The van der Waals surface area contributed by atoms with Crippen molar-refractivity contribution in [2.45, 2.75) is 6.18 Å². The van der Waals surface area contributed by atoms with Crippen LogP contribution in [-0.4, -0.2) is 18.8 Å². The maximum absolute atomic E-state index is 12.7. The number of carbonyl (C=O) groups excluding carboxylic acids is 1. The molecule has 0 aliphatic heterocycles. The average molecular weight is 306 g/mol. The number of halogens is 4. The molecule has 0 bridgehead atoms. The Morgan fingerprint density at radius 3 is 2.65 bits per heavy atom. The van der Waals surface area contributed by atoms with Gasteiger partial charge in [0.2, 0.25) is 5.71 Å². The summed E-state index contributed by atoms with van der Waals surface area (Å²) >= 11 is 5.59. The minimum absolute atomic E-state index is 0.0345. The summed E-state index contributed by atoms with van der Waals surface area (Å²) in [5, 5.41) is 11.9. The number of ether oxygens (including phenoxy) is 1. The minimum atomic E-state index is -4.64. The molecular formula is C11H7ClF3N3O2. The quantitative estimate of drug-likeness (QED) is 0.529. The lowest BCUT2D eigenvalue weighted by atomic mass is 10.2. The third-order valence-electron chi connectivity index (χ3n) is 2.06. The molecule has 0 spiro atoms. The van der Waals surface area contributed by atoms with Gasteiger partial charge >= 0.3 is 12.1 Å². The number of rotatable bonds is 3. The summed E-state index contributed by atoms with van der Waals surface area (Å²) < 4.78 is 42.4.